The summed E-state index contributed by atoms with van der Waals surface area (Å²) in [5.74, 6) is 0.145. The van der Waals surface area contributed by atoms with Gasteiger partial charge in [0.15, 0.2) is 0 Å². The maximum Gasteiger partial charge on any atom is 0.412 e. The van der Waals surface area contributed by atoms with Crippen molar-refractivity contribution in [2.45, 2.75) is 13.8 Å². The number of amides is 2. The van der Waals surface area contributed by atoms with Gasteiger partial charge in [0.05, 0.1) is 0 Å². The maximum absolute atomic E-state index is 11.3. The molecule has 0 heterocycles. The number of carbonyl (C=O) groups excluding carboxylic acids is 2. The van der Waals surface area contributed by atoms with E-state index < -0.39 is 6.09 Å². The van der Waals surface area contributed by atoms with Crippen molar-refractivity contribution in [3.63, 3.8) is 0 Å². The van der Waals surface area contributed by atoms with Crippen LogP contribution in [0.3, 0.4) is 0 Å². The highest BCUT2D eigenvalue weighted by Crippen LogP contribution is 2.17. The monoisotopic (exact) mass is 248 g/mol. The number of nitrogens with one attached hydrogen (secondary N) is 2. The minimum Gasteiger partial charge on any atom is -0.410 e. The molecule has 2 amide bonds. The van der Waals surface area contributed by atoms with Crippen LogP contribution < -0.4 is 15.4 Å². The molecule has 0 fully saturated rings. The molecule has 0 aliphatic rings. The molecule has 96 valence electrons. The first-order valence-corrected chi connectivity index (χ1v) is 5.65. The van der Waals surface area contributed by atoms with Gasteiger partial charge in [0, 0.05) is 18.3 Å². The van der Waals surface area contributed by atoms with Gasteiger partial charge in [-0.1, -0.05) is 12.1 Å². The van der Waals surface area contributed by atoms with E-state index in [-0.39, 0.29) is 5.91 Å². The summed E-state index contributed by atoms with van der Waals surface area (Å²) in [6, 6.07) is 6.63. The molecular formula is C13H16N2O3. The number of benzene rings is 1. The normalized spacial score (nSPS) is 10.1. The van der Waals surface area contributed by atoms with Crippen molar-refractivity contribution in [1.82, 2.24) is 5.32 Å². The van der Waals surface area contributed by atoms with Gasteiger partial charge in [0.25, 0.3) is 0 Å². The molecule has 1 aromatic rings. The molecule has 0 bridgehead atoms. The molecule has 0 unspecified atom stereocenters. The lowest BCUT2D eigenvalue weighted by Gasteiger charge is -2.07. The van der Waals surface area contributed by atoms with Gasteiger partial charge in [-0.3, -0.25) is 4.79 Å². The summed E-state index contributed by atoms with van der Waals surface area (Å²) in [7, 11) is 0. The molecule has 0 aromatic heterocycles. The number of hydrogen-bond donors (Lipinski definition) is 2. The smallest absolute Gasteiger partial charge is 0.410 e. The second-order valence-electron chi connectivity index (χ2n) is 3.44. The lowest BCUT2D eigenvalue weighted by molar-refractivity contribution is -0.111. The molecule has 0 spiro atoms. The zero-order chi connectivity index (χ0) is 13.4. The first-order chi connectivity index (χ1) is 8.65. The van der Waals surface area contributed by atoms with E-state index in [1.165, 1.54) is 6.08 Å². The van der Waals surface area contributed by atoms with Crippen molar-refractivity contribution in [1.29, 1.82) is 0 Å². The van der Waals surface area contributed by atoms with E-state index in [4.69, 9.17) is 4.74 Å². The van der Waals surface area contributed by atoms with Crippen LogP contribution >= 0.6 is 0 Å². The van der Waals surface area contributed by atoms with Crippen LogP contribution in [-0.4, -0.2) is 18.5 Å². The largest absolute Gasteiger partial charge is 0.412 e. The maximum atomic E-state index is 11.3. The molecule has 0 aliphatic carbocycles. The molecule has 0 radical (unpaired) electrons. The van der Waals surface area contributed by atoms with Crippen molar-refractivity contribution < 1.29 is 14.3 Å². The van der Waals surface area contributed by atoms with Crippen molar-refractivity contribution in [3.05, 3.63) is 36.4 Å². The number of ether oxygens (including phenoxy) is 1. The topological polar surface area (TPSA) is 67.4 Å². The fourth-order valence-electron chi connectivity index (χ4n) is 1.26. The van der Waals surface area contributed by atoms with Crippen molar-refractivity contribution in [3.8, 4) is 5.75 Å². The number of rotatable bonds is 4. The predicted molar refractivity (Wildman–Crippen MR) is 69.6 cm³/mol. The first-order valence-electron chi connectivity index (χ1n) is 5.65. The number of carbonyl (C=O) groups is 2. The number of anilines is 1. The van der Waals surface area contributed by atoms with Crippen molar-refractivity contribution in [2.24, 2.45) is 0 Å². The molecule has 5 heteroatoms. The van der Waals surface area contributed by atoms with E-state index in [0.29, 0.717) is 18.0 Å². The Balaban J connectivity index is 2.67. The Kier molecular flexibility index (Phi) is 5.44. The van der Waals surface area contributed by atoms with E-state index in [9.17, 15) is 9.59 Å². The number of allylic oxidation sites excluding steroid dienone is 1. The molecule has 18 heavy (non-hydrogen) atoms. The van der Waals surface area contributed by atoms with Gasteiger partial charge in [0.1, 0.15) is 5.75 Å². The minimum absolute atomic E-state index is 0.229. The summed E-state index contributed by atoms with van der Waals surface area (Å²) in [6.07, 6.45) is 2.54. The summed E-state index contributed by atoms with van der Waals surface area (Å²) in [4.78, 5) is 22.5. The second-order valence-corrected chi connectivity index (χ2v) is 3.44. The molecule has 0 saturated carbocycles. The third-order valence-corrected chi connectivity index (χ3v) is 1.95. The summed E-state index contributed by atoms with van der Waals surface area (Å²) in [5, 5.41) is 5.17. The lowest BCUT2D eigenvalue weighted by Crippen LogP contribution is -2.26. The van der Waals surface area contributed by atoms with Gasteiger partial charge >= 0.3 is 6.09 Å². The quantitative estimate of drug-likeness (QED) is 0.803. The van der Waals surface area contributed by atoms with Crippen LogP contribution in [-0.2, 0) is 4.79 Å². The zero-order valence-corrected chi connectivity index (χ0v) is 10.4. The highest BCUT2D eigenvalue weighted by Gasteiger charge is 2.04. The van der Waals surface area contributed by atoms with Gasteiger partial charge in [0.2, 0.25) is 5.91 Å². The molecule has 0 saturated heterocycles. The Morgan fingerprint density at radius 2 is 2.17 bits per heavy atom. The molecule has 0 atom stereocenters. The standard InChI is InChI=1S/C13H16N2O3/c1-3-6-12(16)15-10-7-5-8-11(9-10)18-13(17)14-4-2/h3,5-9H,4H2,1-2H3,(H,14,17)(H,15,16)/b6-3+. The average molecular weight is 248 g/mol. The minimum atomic E-state index is -0.519. The molecule has 1 rings (SSSR count). The highest BCUT2D eigenvalue weighted by molar-refractivity contribution is 5.99. The van der Waals surface area contributed by atoms with Crippen LogP contribution in [0, 0.1) is 0 Å². The van der Waals surface area contributed by atoms with Crippen LogP contribution in [0.4, 0.5) is 10.5 Å². The third kappa shape index (κ3) is 4.69. The zero-order valence-electron chi connectivity index (χ0n) is 10.4. The predicted octanol–water partition coefficient (Wildman–Crippen LogP) is 2.31. The summed E-state index contributed by atoms with van der Waals surface area (Å²) < 4.78 is 5.02. The Labute approximate surface area is 106 Å². The van der Waals surface area contributed by atoms with Gasteiger partial charge in [-0.15, -0.1) is 0 Å². The van der Waals surface area contributed by atoms with Gasteiger partial charge in [-0.05, 0) is 32.1 Å². The summed E-state index contributed by atoms with van der Waals surface area (Å²) >= 11 is 0. The van der Waals surface area contributed by atoms with E-state index in [2.05, 4.69) is 10.6 Å². The van der Waals surface area contributed by atoms with E-state index in [0.717, 1.165) is 0 Å². The Morgan fingerprint density at radius 3 is 2.83 bits per heavy atom. The van der Waals surface area contributed by atoms with E-state index >= 15 is 0 Å². The Morgan fingerprint density at radius 1 is 1.39 bits per heavy atom. The fraction of sp³-hybridized carbons (Fsp3) is 0.231. The van der Waals surface area contributed by atoms with Gasteiger partial charge in [-0.2, -0.15) is 0 Å². The molecule has 1 aromatic carbocycles. The van der Waals surface area contributed by atoms with Crippen molar-refractivity contribution in [2.75, 3.05) is 11.9 Å². The molecule has 5 nitrogen and oxygen atoms in total. The Hall–Kier alpha value is -2.30. The van der Waals surface area contributed by atoms with Crippen LogP contribution in [0.5, 0.6) is 5.75 Å². The molecule has 0 aliphatic heterocycles. The third-order valence-electron chi connectivity index (χ3n) is 1.95. The average Bonchev–Trinajstić information content (AvgIpc) is 2.29. The fourth-order valence-corrected chi connectivity index (χ4v) is 1.26. The van der Waals surface area contributed by atoms with Crippen LogP contribution in [0.25, 0.3) is 0 Å². The summed E-state index contributed by atoms with van der Waals surface area (Å²) in [6.45, 7) is 4.06. The first kappa shape index (κ1) is 13.8. The van der Waals surface area contributed by atoms with Gasteiger partial charge < -0.3 is 15.4 Å². The molecular weight excluding hydrogens is 232 g/mol. The van der Waals surface area contributed by atoms with Crippen LogP contribution in [0.2, 0.25) is 0 Å². The Bertz CT molecular complexity index is 455. The van der Waals surface area contributed by atoms with Gasteiger partial charge in [-0.25, -0.2) is 4.79 Å². The lowest BCUT2D eigenvalue weighted by atomic mass is 10.3. The second kappa shape index (κ2) is 7.11. The van der Waals surface area contributed by atoms with Crippen molar-refractivity contribution >= 4 is 17.7 Å². The summed E-state index contributed by atoms with van der Waals surface area (Å²) in [5.41, 5.74) is 0.569. The van der Waals surface area contributed by atoms with E-state index in [1.807, 2.05) is 0 Å². The van der Waals surface area contributed by atoms with Crippen LogP contribution in [0.15, 0.2) is 36.4 Å². The molecule has 2 N–H and O–H groups in total. The highest BCUT2D eigenvalue weighted by atomic mass is 16.6. The SMILES string of the molecule is C/C=C/C(=O)Nc1cccc(OC(=O)NCC)c1. The van der Waals surface area contributed by atoms with E-state index in [1.54, 1.807) is 44.2 Å². The van der Waals surface area contributed by atoms with Crippen LogP contribution in [0.1, 0.15) is 13.8 Å². The number of hydrogen-bond acceptors (Lipinski definition) is 3.